The summed E-state index contributed by atoms with van der Waals surface area (Å²) in [6.07, 6.45) is 0.899. The minimum atomic E-state index is 0.0813. The van der Waals surface area contributed by atoms with Crippen molar-refractivity contribution in [3.8, 4) is 5.75 Å². The number of anilines is 1. The van der Waals surface area contributed by atoms with E-state index in [0.717, 1.165) is 65.3 Å². The fourth-order valence-corrected chi connectivity index (χ4v) is 5.46. The Labute approximate surface area is 197 Å². The van der Waals surface area contributed by atoms with Crippen LogP contribution in [0.3, 0.4) is 0 Å². The standard InChI is InChI=1S/C24H29N3O3S2/c1-2-30-20-10-6-11-21-23(20)25-24(32-21)27(13-7-12-26-14-16-29-17-15-26)22(28)18-31-19-8-4-3-5-9-19/h3-6,8-11H,2,7,12-18H2,1H3. The van der Waals surface area contributed by atoms with E-state index in [4.69, 9.17) is 14.5 Å². The summed E-state index contributed by atoms with van der Waals surface area (Å²) in [6.45, 7) is 7.63. The van der Waals surface area contributed by atoms with E-state index < -0.39 is 0 Å². The summed E-state index contributed by atoms with van der Waals surface area (Å²) >= 11 is 3.12. The Balaban J connectivity index is 1.50. The van der Waals surface area contributed by atoms with Gasteiger partial charge in [-0.15, -0.1) is 11.8 Å². The van der Waals surface area contributed by atoms with Crippen molar-refractivity contribution in [1.82, 2.24) is 9.88 Å². The Hall–Kier alpha value is -2.13. The highest BCUT2D eigenvalue weighted by atomic mass is 32.2. The summed E-state index contributed by atoms with van der Waals surface area (Å²) in [5, 5.41) is 0.743. The first kappa shape index (κ1) is 23.0. The van der Waals surface area contributed by atoms with Gasteiger partial charge in [-0.25, -0.2) is 4.98 Å². The molecule has 8 heteroatoms. The average Bonchev–Trinajstić information content (AvgIpc) is 3.27. The van der Waals surface area contributed by atoms with Crippen molar-refractivity contribution in [1.29, 1.82) is 0 Å². The van der Waals surface area contributed by atoms with Gasteiger partial charge in [0.1, 0.15) is 11.3 Å². The molecule has 0 atom stereocenters. The van der Waals surface area contributed by atoms with E-state index >= 15 is 0 Å². The Morgan fingerprint density at radius 3 is 2.78 bits per heavy atom. The second-order valence-corrected chi connectivity index (χ2v) is 9.54. The van der Waals surface area contributed by atoms with Gasteiger partial charge in [0.15, 0.2) is 5.13 Å². The van der Waals surface area contributed by atoms with Gasteiger partial charge in [0.05, 0.1) is 30.3 Å². The Morgan fingerprint density at radius 1 is 1.19 bits per heavy atom. The van der Waals surface area contributed by atoms with Crippen molar-refractivity contribution in [2.75, 3.05) is 56.7 Å². The van der Waals surface area contributed by atoms with Gasteiger partial charge in [0.2, 0.25) is 5.91 Å². The van der Waals surface area contributed by atoms with Gasteiger partial charge in [0, 0.05) is 31.1 Å². The normalized spacial score (nSPS) is 14.5. The van der Waals surface area contributed by atoms with Crippen molar-refractivity contribution in [3.63, 3.8) is 0 Å². The summed E-state index contributed by atoms with van der Waals surface area (Å²) in [4.78, 5) is 23.5. The quantitative estimate of drug-likeness (QED) is 0.405. The summed E-state index contributed by atoms with van der Waals surface area (Å²) in [6, 6.07) is 16.0. The smallest absolute Gasteiger partial charge is 0.239 e. The average molecular weight is 472 g/mol. The van der Waals surface area contributed by atoms with Crippen LogP contribution in [0.2, 0.25) is 0 Å². The zero-order valence-corrected chi connectivity index (χ0v) is 20.0. The Kier molecular flexibility index (Phi) is 8.39. The minimum Gasteiger partial charge on any atom is -0.492 e. The predicted octanol–water partition coefficient (Wildman–Crippen LogP) is 4.54. The molecule has 0 aliphatic carbocycles. The van der Waals surface area contributed by atoms with E-state index in [9.17, 15) is 4.79 Å². The summed E-state index contributed by atoms with van der Waals surface area (Å²) in [7, 11) is 0. The van der Waals surface area contributed by atoms with E-state index in [1.807, 2.05) is 60.4 Å². The van der Waals surface area contributed by atoms with Crippen molar-refractivity contribution in [2.45, 2.75) is 18.2 Å². The van der Waals surface area contributed by atoms with Crippen molar-refractivity contribution < 1.29 is 14.3 Å². The van der Waals surface area contributed by atoms with Crippen LogP contribution in [0.5, 0.6) is 5.75 Å². The molecule has 0 radical (unpaired) electrons. The molecule has 0 unspecified atom stereocenters. The third kappa shape index (κ3) is 6.01. The number of carbonyl (C=O) groups excluding carboxylic acids is 1. The van der Waals surface area contributed by atoms with Gasteiger partial charge in [-0.3, -0.25) is 14.6 Å². The van der Waals surface area contributed by atoms with Gasteiger partial charge in [-0.05, 0) is 37.6 Å². The second-order valence-electron chi connectivity index (χ2n) is 7.49. The number of rotatable bonds is 10. The van der Waals surface area contributed by atoms with Crippen LogP contribution >= 0.6 is 23.1 Å². The van der Waals surface area contributed by atoms with Crippen LogP contribution in [-0.4, -0.2) is 67.5 Å². The number of thiazole rings is 1. The molecule has 1 saturated heterocycles. The molecule has 1 aromatic heterocycles. The molecule has 1 aliphatic rings. The lowest BCUT2D eigenvalue weighted by atomic mass is 10.3. The lowest BCUT2D eigenvalue weighted by Gasteiger charge is -2.27. The molecular formula is C24H29N3O3S2. The zero-order chi connectivity index (χ0) is 22.2. The van der Waals surface area contributed by atoms with E-state index in [-0.39, 0.29) is 5.91 Å². The van der Waals surface area contributed by atoms with Crippen molar-refractivity contribution >= 4 is 44.4 Å². The maximum absolute atomic E-state index is 13.3. The van der Waals surface area contributed by atoms with E-state index in [2.05, 4.69) is 4.90 Å². The van der Waals surface area contributed by atoms with Crippen LogP contribution in [0.15, 0.2) is 53.4 Å². The number of hydrogen-bond acceptors (Lipinski definition) is 7. The first-order valence-electron chi connectivity index (χ1n) is 11.1. The number of carbonyl (C=O) groups is 1. The first-order chi connectivity index (χ1) is 15.7. The molecule has 0 bridgehead atoms. The van der Waals surface area contributed by atoms with Gasteiger partial charge in [-0.1, -0.05) is 35.6 Å². The highest BCUT2D eigenvalue weighted by Crippen LogP contribution is 2.34. The number of ether oxygens (including phenoxy) is 2. The molecule has 1 amide bonds. The fraction of sp³-hybridized carbons (Fsp3) is 0.417. The molecule has 6 nitrogen and oxygen atoms in total. The summed E-state index contributed by atoms with van der Waals surface area (Å²) in [5.41, 5.74) is 0.830. The number of fused-ring (bicyclic) bond motifs is 1. The lowest BCUT2D eigenvalue weighted by molar-refractivity contribution is -0.116. The minimum absolute atomic E-state index is 0.0813. The number of benzene rings is 2. The zero-order valence-electron chi connectivity index (χ0n) is 18.4. The summed E-state index contributed by atoms with van der Waals surface area (Å²) in [5.74, 6) is 1.24. The fourth-order valence-electron chi connectivity index (χ4n) is 3.64. The van der Waals surface area contributed by atoms with E-state index in [1.165, 1.54) is 0 Å². The highest BCUT2D eigenvalue weighted by molar-refractivity contribution is 8.00. The topological polar surface area (TPSA) is 54.9 Å². The van der Waals surface area contributed by atoms with Crippen LogP contribution in [0.1, 0.15) is 13.3 Å². The number of para-hydroxylation sites is 1. The third-order valence-electron chi connectivity index (χ3n) is 5.27. The van der Waals surface area contributed by atoms with Gasteiger partial charge in [0.25, 0.3) is 0 Å². The van der Waals surface area contributed by atoms with Crippen molar-refractivity contribution in [3.05, 3.63) is 48.5 Å². The lowest BCUT2D eigenvalue weighted by Crippen LogP contribution is -2.39. The summed E-state index contributed by atoms with van der Waals surface area (Å²) < 4.78 is 12.2. The molecule has 2 aromatic carbocycles. The first-order valence-corrected chi connectivity index (χ1v) is 12.9. The number of morpholine rings is 1. The molecule has 3 aromatic rings. The van der Waals surface area contributed by atoms with E-state index in [1.54, 1.807) is 23.1 Å². The molecular weight excluding hydrogens is 442 g/mol. The molecule has 2 heterocycles. The number of nitrogens with zero attached hydrogens (tertiary/aromatic N) is 3. The Morgan fingerprint density at radius 2 is 2.00 bits per heavy atom. The largest absolute Gasteiger partial charge is 0.492 e. The molecule has 170 valence electrons. The van der Waals surface area contributed by atoms with E-state index in [0.29, 0.717) is 18.9 Å². The van der Waals surface area contributed by atoms with Crippen LogP contribution in [0, 0.1) is 0 Å². The van der Waals surface area contributed by atoms with Crippen LogP contribution < -0.4 is 9.64 Å². The molecule has 4 rings (SSSR count). The molecule has 1 fully saturated rings. The number of aromatic nitrogens is 1. The maximum atomic E-state index is 13.3. The predicted molar refractivity (Wildman–Crippen MR) is 132 cm³/mol. The monoisotopic (exact) mass is 471 g/mol. The Bertz CT molecular complexity index is 1010. The van der Waals surface area contributed by atoms with Crippen LogP contribution in [0.25, 0.3) is 10.2 Å². The highest BCUT2D eigenvalue weighted by Gasteiger charge is 2.21. The van der Waals surface area contributed by atoms with Crippen LogP contribution in [-0.2, 0) is 9.53 Å². The molecule has 1 aliphatic heterocycles. The number of hydrogen-bond donors (Lipinski definition) is 0. The second kappa shape index (κ2) is 11.7. The molecule has 0 saturated carbocycles. The molecule has 0 N–H and O–H groups in total. The molecule has 32 heavy (non-hydrogen) atoms. The van der Waals surface area contributed by atoms with Gasteiger partial charge >= 0.3 is 0 Å². The third-order valence-corrected chi connectivity index (χ3v) is 7.31. The number of thioether (sulfide) groups is 1. The molecule has 0 spiro atoms. The van der Waals surface area contributed by atoms with Gasteiger partial charge in [-0.2, -0.15) is 0 Å². The maximum Gasteiger partial charge on any atom is 0.239 e. The van der Waals surface area contributed by atoms with Crippen molar-refractivity contribution in [2.24, 2.45) is 0 Å². The van der Waals surface area contributed by atoms with Gasteiger partial charge < -0.3 is 9.47 Å². The number of amides is 1. The SMILES string of the molecule is CCOc1cccc2sc(N(CCCN3CCOCC3)C(=O)CSc3ccccc3)nc12. The van der Waals surface area contributed by atoms with Crippen LogP contribution in [0.4, 0.5) is 5.13 Å².